The quantitative estimate of drug-likeness (QED) is 0.699. The number of nitrogens with zero attached hydrogens (tertiary/aromatic N) is 1. The van der Waals surface area contributed by atoms with Gasteiger partial charge in [-0.3, -0.25) is 0 Å². The van der Waals surface area contributed by atoms with Crippen molar-refractivity contribution in [3.63, 3.8) is 0 Å². The molecule has 0 spiro atoms. The molecule has 0 aromatic heterocycles. The molecule has 0 saturated carbocycles. The van der Waals surface area contributed by atoms with Gasteiger partial charge < -0.3 is 0 Å². The second-order valence-electron chi connectivity index (χ2n) is 7.26. The molecule has 1 saturated heterocycles. The fourth-order valence-electron chi connectivity index (χ4n) is 3.85. The van der Waals surface area contributed by atoms with Gasteiger partial charge in [0.2, 0.25) is 10.0 Å². The second-order valence-corrected chi connectivity index (χ2v) is 9.15. The lowest BCUT2D eigenvalue weighted by atomic mass is 9.90. The van der Waals surface area contributed by atoms with Crippen molar-refractivity contribution in [3.8, 4) is 0 Å². The summed E-state index contributed by atoms with van der Waals surface area (Å²) in [5.41, 5.74) is 3.38. The van der Waals surface area contributed by atoms with Crippen LogP contribution in [0.5, 0.6) is 0 Å². The summed E-state index contributed by atoms with van der Waals surface area (Å²) in [6.07, 6.45) is 2.53. The maximum Gasteiger partial charge on any atom is 0.243 e. The van der Waals surface area contributed by atoms with Crippen molar-refractivity contribution < 1.29 is 8.42 Å². The Hall–Kier alpha value is -1.91. The molecule has 0 bridgehead atoms. The molecule has 138 valence electrons. The van der Waals surface area contributed by atoms with E-state index in [9.17, 15) is 8.42 Å². The molecule has 1 aliphatic heterocycles. The Morgan fingerprint density at radius 3 is 2.38 bits per heavy atom. The Morgan fingerprint density at radius 2 is 1.77 bits per heavy atom. The molecular formula is C22H27NO2S. The lowest BCUT2D eigenvalue weighted by molar-refractivity contribution is 0.338. The van der Waals surface area contributed by atoms with E-state index in [1.54, 1.807) is 16.4 Å². The highest BCUT2D eigenvalue weighted by molar-refractivity contribution is 7.89. The lowest BCUT2D eigenvalue weighted by Crippen LogP contribution is -2.38. The predicted octanol–water partition coefficient (Wildman–Crippen LogP) is 4.58. The highest BCUT2D eigenvalue weighted by Crippen LogP contribution is 2.36. The molecule has 1 fully saturated rings. The third kappa shape index (κ3) is 3.92. The zero-order valence-electron chi connectivity index (χ0n) is 15.6. The maximum absolute atomic E-state index is 13.2. The molecule has 0 radical (unpaired) electrons. The number of hydrogen-bond donors (Lipinski definition) is 0. The fraction of sp³-hybridized carbons (Fsp3) is 0.364. The molecule has 3 nitrogen and oxygen atoms in total. The van der Waals surface area contributed by atoms with Gasteiger partial charge in [-0.2, -0.15) is 4.31 Å². The van der Waals surface area contributed by atoms with Gasteiger partial charge in [0.25, 0.3) is 0 Å². The fourth-order valence-corrected chi connectivity index (χ4v) is 5.55. The van der Waals surface area contributed by atoms with Crippen LogP contribution in [0.15, 0.2) is 71.6 Å². The number of rotatable bonds is 6. The molecule has 1 aliphatic rings. The van der Waals surface area contributed by atoms with Crippen LogP contribution in [0.4, 0.5) is 0 Å². The van der Waals surface area contributed by atoms with Gasteiger partial charge in [-0.15, -0.1) is 0 Å². The summed E-state index contributed by atoms with van der Waals surface area (Å²) in [6, 6.07) is 17.4. The molecule has 0 amide bonds. The zero-order valence-corrected chi connectivity index (χ0v) is 16.4. The van der Waals surface area contributed by atoms with Crippen LogP contribution in [0.3, 0.4) is 0 Å². The largest absolute Gasteiger partial charge is 0.243 e. The Labute approximate surface area is 157 Å². The maximum atomic E-state index is 13.2. The summed E-state index contributed by atoms with van der Waals surface area (Å²) in [6.45, 7) is 8.66. The Morgan fingerprint density at radius 1 is 1.12 bits per heavy atom. The molecule has 0 N–H and O–H groups in total. The average Bonchev–Trinajstić information content (AvgIpc) is 3.06. The molecule has 26 heavy (non-hydrogen) atoms. The third-order valence-corrected chi connectivity index (χ3v) is 7.27. The molecule has 2 aromatic rings. The van der Waals surface area contributed by atoms with E-state index in [-0.39, 0.29) is 12.0 Å². The Bertz CT molecular complexity index is 857. The van der Waals surface area contributed by atoms with Crippen LogP contribution < -0.4 is 0 Å². The van der Waals surface area contributed by atoms with Crippen LogP contribution in [0.1, 0.15) is 30.9 Å². The van der Waals surface area contributed by atoms with Crippen molar-refractivity contribution >= 4 is 10.0 Å². The van der Waals surface area contributed by atoms with Crippen LogP contribution >= 0.6 is 0 Å². The van der Waals surface area contributed by atoms with Crippen molar-refractivity contribution in [2.75, 3.05) is 6.54 Å². The summed E-state index contributed by atoms with van der Waals surface area (Å²) in [5, 5.41) is 0. The van der Waals surface area contributed by atoms with E-state index in [1.165, 1.54) is 5.56 Å². The van der Waals surface area contributed by atoms with E-state index < -0.39 is 10.0 Å². The van der Waals surface area contributed by atoms with Gasteiger partial charge >= 0.3 is 0 Å². The Kier molecular flexibility index (Phi) is 5.64. The van der Waals surface area contributed by atoms with Crippen molar-refractivity contribution in [1.82, 2.24) is 4.31 Å². The molecule has 1 heterocycles. The molecule has 3 rings (SSSR count). The zero-order chi connectivity index (χ0) is 18.7. The van der Waals surface area contributed by atoms with Gasteiger partial charge in [0.1, 0.15) is 0 Å². The molecular weight excluding hydrogens is 342 g/mol. The van der Waals surface area contributed by atoms with Gasteiger partial charge in [-0.25, -0.2) is 8.42 Å². The summed E-state index contributed by atoms with van der Waals surface area (Å²) in [5.74, 6) is 0.221. The van der Waals surface area contributed by atoms with Crippen LogP contribution in [0, 0.1) is 12.8 Å². The van der Waals surface area contributed by atoms with Crippen molar-refractivity contribution in [3.05, 3.63) is 77.9 Å². The van der Waals surface area contributed by atoms with Crippen molar-refractivity contribution in [2.45, 2.75) is 44.0 Å². The normalized spacial score (nSPS) is 21.0. The monoisotopic (exact) mass is 369 g/mol. The first-order valence-corrected chi connectivity index (χ1v) is 10.6. The van der Waals surface area contributed by atoms with Crippen LogP contribution in [0.25, 0.3) is 0 Å². The Balaban J connectivity index is 1.86. The first-order valence-electron chi connectivity index (χ1n) is 9.17. The van der Waals surface area contributed by atoms with Gasteiger partial charge in [-0.05, 0) is 56.7 Å². The highest BCUT2D eigenvalue weighted by atomic mass is 32.2. The van der Waals surface area contributed by atoms with E-state index in [0.29, 0.717) is 11.4 Å². The van der Waals surface area contributed by atoms with E-state index in [2.05, 4.69) is 18.7 Å². The predicted molar refractivity (Wildman–Crippen MR) is 107 cm³/mol. The minimum atomic E-state index is -3.48. The topological polar surface area (TPSA) is 37.4 Å². The van der Waals surface area contributed by atoms with Crippen LogP contribution in [-0.2, 0) is 16.4 Å². The number of hydrogen-bond acceptors (Lipinski definition) is 2. The minimum absolute atomic E-state index is 0.0287. The van der Waals surface area contributed by atoms with Crippen molar-refractivity contribution in [2.24, 2.45) is 5.92 Å². The smallest absolute Gasteiger partial charge is 0.207 e. The van der Waals surface area contributed by atoms with Gasteiger partial charge in [-0.1, -0.05) is 60.2 Å². The lowest BCUT2D eigenvalue weighted by Gasteiger charge is -2.28. The second kappa shape index (κ2) is 7.77. The van der Waals surface area contributed by atoms with Crippen LogP contribution in [0.2, 0.25) is 0 Å². The van der Waals surface area contributed by atoms with E-state index >= 15 is 0 Å². The van der Waals surface area contributed by atoms with Gasteiger partial charge in [0, 0.05) is 12.6 Å². The van der Waals surface area contributed by atoms with Crippen LogP contribution in [-0.4, -0.2) is 25.3 Å². The summed E-state index contributed by atoms with van der Waals surface area (Å²) in [4.78, 5) is 0.384. The van der Waals surface area contributed by atoms with E-state index in [0.717, 1.165) is 30.4 Å². The summed E-state index contributed by atoms with van der Waals surface area (Å²) < 4.78 is 28.2. The average molecular weight is 370 g/mol. The summed E-state index contributed by atoms with van der Waals surface area (Å²) in [7, 11) is -3.48. The minimum Gasteiger partial charge on any atom is -0.207 e. The molecule has 0 aliphatic carbocycles. The first kappa shape index (κ1) is 18.9. The van der Waals surface area contributed by atoms with Crippen molar-refractivity contribution in [1.29, 1.82) is 0 Å². The standard InChI is InChI=1S/C22H27NO2S/c1-17(2)21-15-16-23(22(21)14-11-19-7-5-4-6-8-19)26(24,25)20-12-9-18(3)10-13-20/h4-10,12-13,21-22H,1,11,14-16H2,2-3H3/t21-,22-/m0/s1. The molecule has 2 atom stereocenters. The number of aryl methyl sites for hydroxylation is 2. The van der Waals surface area contributed by atoms with Gasteiger partial charge in [0.05, 0.1) is 4.90 Å². The number of sulfonamides is 1. The van der Waals surface area contributed by atoms with E-state index in [4.69, 9.17) is 0 Å². The van der Waals surface area contributed by atoms with Gasteiger partial charge in [0.15, 0.2) is 0 Å². The molecule has 0 unspecified atom stereocenters. The molecule has 2 aromatic carbocycles. The first-order chi connectivity index (χ1) is 12.4. The van der Waals surface area contributed by atoms with E-state index in [1.807, 2.05) is 44.2 Å². The summed E-state index contributed by atoms with van der Waals surface area (Å²) >= 11 is 0. The highest BCUT2D eigenvalue weighted by Gasteiger charge is 2.41. The molecule has 4 heteroatoms. The third-order valence-electron chi connectivity index (χ3n) is 5.33. The number of benzene rings is 2. The SMILES string of the molecule is C=C(C)[C@@H]1CCN(S(=O)(=O)c2ccc(C)cc2)[C@H]1CCc1ccccc1.